The summed E-state index contributed by atoms with van der Waals surface area (Å²) in [5, 5.41) is 6.57. The third-order valence-electron chi connectivity index (χ3n) is 4.44. The van der Waals surface area contributed by atoms with Crippen LogP contribution in [0.15, 0.2) is 0 Å². The molecule has 1 saturated heterocycles. The zero-order chi connectivity index (χ0) is 12.8. The highest BCUT2D eigenvalue weighted by molar-refractivity contribution is 5.76. The van der Waals surface area contributed by atoms with Gasteiger partial charge >= 0.3 is 0 Å². The van der Waals surface area contributed by atoms with Crippen LogP contribution in [0.5, 0.6) is 0 Å². The smallest absolute Gasteiger partial charge is 0.220 e. The third kappa shape index (κ3) is 4.60. The molecule has 2 rings (SSSR count). The monoisotopic (exact) mass is 252 g/mol. The quantitative estimate of drug-likeness (QED) is 0.807. The van der Waals surface area contributed by atoms with E-state index in [9.17, 15) is 4.79 Å². The number of hydrogen-bond donors (Lipinski definition) is 2. The van der Waals surface area contributed by atoms with Gasteiger partial charge in [0.1, 0.15) is 0 Å². The maximum atomic E-state index is 11.9. The number of nitrogens with one attached hydrogen (secondary N) is 2. The largest absolute Gasteiger partial charge is 0.352 e. The molecule has 0 radical (unpaired) electrons. The van der Waals surface area contributed by atoms with Gasteiger partial charge in [-0.1, -0.05) is 39.0 Å². The minimum atomic E-state index is 0.265. The van der Waals surface area contributed by atoms with Crippen molar-refractivity contribution in [1.82, 2.24) is 10.6 Å². The van der Waals surface area contributed by atoms with E-state index in [1.54, 1.807) is 0 Å². The molecule has 1 aliphatic heterocycles. The molecule has 2 aliphatic rings. The van der Waals surface area contributed by atoms with E-state index in [4.69, 9.17) is 0 Å². The molecular formula is C15H28N2O. The third-order valence-corrected chi connectivity index (χ3v) is 4.44. The second kappa shape index (κ2) is 7.13. The van der Waals surface area contributed by atoms with Crippen LogP contribution in [-0.2, 0) is 4.79 Å². The van der Waals surface area contributed by atoms with E-state index in [1.807, 2.05) is 0 Å². The fourth-order valence-corrected chi connectivity index (χ4v) is 3.38. The van der Waals surface area contributed by atoms with Gasteiger partial charge in [-0.15, -0.1) is 0 Å². The van der Waals surface area contributed by atoms with E-state index >= 15 is 0 Å². The zero-order valence-electron chi connectivity index (χ0n) is 11.7. The summed E-state index contributed by atoms with van der Waals surface area (Å²) < 4.78 is 0. The van der Waals surface area contributed by atoms with Gasteiger partial charge in [0.05, 0.1) is 0 Å². The Labute approximate surface area is 111 Å². The normalized spacial score (nSPS) is 30.1. The molecule has 2 fully saturated rings. The summed E-state index contributed by atoms with van der Waals surface area (Å²) in [6.45, 7) is 4.28. The van der Waals surface area contributed by atoms with Crippen molar-refractivity contribution in [2.45, 2.75) is 64.3 Å². The summed E-state index contributed by atoms with van der Waals surface area (Å²) in [6, 6.07) is 0.354. The van der Waals surface area contributed by atoms with E-state index in [2.05, 4.69) is 17.6 Å². The molecule has 1 amide bonds. The number of rotatable bonds is 4. The average Bonchev–Trinajstić information content (AvgIpc) is 2.38. The SMILES string of the molecule is CC1CNCC(NC(=O)CCC2CCCCC2)C1. The number of amides is 1. The van der Waals surface area contributed by atoms with Gasteiger partial charge in [-0.2, -0.15) is 0 Å². The van der Waals surface area contributed by atoms with Crippen molar-refractivity contribution in [2.24, 2.45) is 11.8 Å². The van der Waals surface area contributed by atoms with Gasteiger partial charge in [0, 0.05) is 19.0 Å². The standard InChI is InChI=1S/C15H28N2O/c1-12-9-14(11-16-10-12)17-15(18)8-7-13-5-3-2-4-6-13/h12-14,16H,2-11H2,1H3,(H,17,18). The molecule has 1 saturated carbocycles. The summed E-state index contributed by atoms with van der Waals surface area (Å²) >= 11 is 0. The lowest BCUT2D eigenvalue weighted by Gasteiger charge is -2.28. The van der Waals surface area contributed by atoms with Crippen LogP contribution in [0.2, 0.25) is 0 Å². The highest BCUT2D eigenvalue weighted by atomic mass is 16.1. The fraction of sp³-hybridized carbons (Fsp3) is 0.933. The first-order valence-electron chi connectivity index (χ1n) is 7.74. The first kappa shape index (κ1) is 13.9. The Kier molecular flexibility index (Phi) is 5.48. The summed E-state index contributed by atoms with van der Waals surface area (Å²) in [5.74, 6) is 1.76. The van der Waals surface area contributed by atoms with Crippen LogP contribution in [0.4, 0.5) is 0 Å². The molecule has 18 heavy (non-hydrogen) atoms. The van der Waals surface area contributed by atoms with E-state index in [1.165, 1.54) is 32.1 Å². The van der Waals surface area contributed by atoms with Crippen LogP contribution >= 0.6 is 0 Å². The van der Waals surface area contributed by atoms with Gasteiger partial charge in [-0.05, 0) is 31.2 Å². The molecule has 0 aromatic heterocycles. The lowest BCUT2D eigenvalue weighted by Crippen LogP contribution is -2.48. The van der Waals surface area contributed by atoms with Gasteiger partial charge in [0.2, 0.25) is 5.91 Å². The highest BCUT2D eigenvalue weighted by Crippen LogP contribution is 2.27. The van der Waals surface area contributed by atoms with Crippen molar-refractivity contribution >= 4 is 5.91 Å². The lowest BCUT2D eigenvalue weighted by atomic mass is 9.86. The Morgan fingerprint density at radius 1 is 1.22 bits per heavy atom. The maximum Gasteiger partial charge on any atom is 0.220 e. The minimum Gasteiger partial charge on any atom is -0.352 e. The number of carbonyl (C=O) groups excluding carboxylic acids is 1. The molecule has 2 unspecified atom stereocenters. The number of piperidine rings is 1. The van der Waals surface area contributed by atoms with Crippen molar-refractivity contribution in [1.29, 1.82) is 0 Å². The molecule has 0 spiro atoms. The Morgan fingerprint density at radius 2 is 2.00 bits per heavy atom. The first-order valence-corrected chi connectivity index (χ1v) is 7.74. The van der Waals surface area contributed by atoms with Crippen molar-refractivity contribution in [3.63, 3.8) is 0 Å². The van der Waals surface area contributed by atoms with Gasteiger partial charge in [0.25, 0.3) is 0 Å². The molecule has 2 atom stereocenters. The lowest BCUT2D eigenvalue weighted by molar-refractivity contribution is -0.122. The Bertz CT molecular complexity index is 261. The topological polar surface area (TPSA) is 41.1 Å². The second-order valence-electron chi connectivity index (χ2n) is 6.31. The fourth-order valence-electron chi connectivity index (χ4n) is 3.38. The number of hydrogen-bond acceptors (Lipinski definition) is 2. The van der Waals surface area contributed by atoms with Crippen molar-refractivity contribution in [3.8, 4) is 0 Å². The molecule has 104 valence electrons. The van der Waals surface area contributed by atoms with E-state index in [0.717, 1.165) is 38.3 Å². The maximum absolute atomic E-state index is 11.9. The number of carbonyl (C=O) groups is 1. The predicted molar refractivity (Wildman–Crippen MR) is 74.4 cm³/mol. The average molecular weight is 252 g/mol. The molecule has 0 aromatic rings. The molecule has 3 heteroatoms. The van der Waals surface area contributed by atoms with Crippen LogP contribution in [0.3, 0.4) is 0 Å². The molecule has 0 bridgehead atoms. The van der Waals surface area contributed by atoms with E-state index in [-0.39, 0.29) is 5.91 Å². The van der Waals surface area contributed by atoms with Crippen LogP contribution in [0.25, 0.3) is 0 Å². The zero-order valence-corrected chi connectivity index (χ0v) is 11.7. The summed E-state index contributed by atoms with van der Waals surface area (Å²) in [5.41, 5.74) is 0. The van der Waals surface area contributed by atoms with Gasteiger partial charge in [-0.3, -0.25) is 4.79 Å². The van der Waals surface area contributed by atoms with E-state index in [0.29, 0.717) is 12.0 Å². The van der Waals surface area contributed by atoms with Crippen molar-refractivity contribution in [2.75, 3.05) is 13.1 Å². The van der Waals surface area contributed by atoms with Crippen LogP contribution < -0.4 is 10.6 Å². The first-order chi connectivity index (χ1) is 8.74. The molecule has 1 aliphatic carbocycles. The van der Waals surface area contributed by atoms with Crippen molar-refractivity contribution < 1.29 is 4.79 Å². The molecule has 1 heterocycles. The molecule has 0 aromatic carbocycles. The Morgan fingerprint density at radius 3 is 2.72 bits per heavy atom. The Hall–Kier alpha value is -0.570. The summed E-state index contributed by atoms with van der Waals surface area (Å²) in [7, 11) is 0. The van der Waals surface area contributed by atoms with Gasteiger partial charge in [-0.25, -0.2) is 0 Å². The second-order valence-corrected chi connectivity index (χ2v) is 6.31. The predicted octanol–water partition coefficient (Wildman–Crippen LogP) is 2.46. The molecule has 3 nitrogen and oxygen atoms in total. The van der Waals surface area contributed by atoms with Gasteiger partial charge in [0.15, 0.2) is 0 Å². The Balaban J connectivity index is 1.62. The van der Waals surface area contributed by atoms with E-state index < -0.39 is 0 Å². The van der Waals surface area contributed by atoms with Crippen LogP contribution in [-0.4, -0.2) is 25.0 Å². The van der Waals surface area contributed by atoms with Crippen LogP contribution in [0.1, 0.15) is 58.3 Å². The minimum absolute atomic E-state index is 0.265. The van der Waals surface area contributed by atoms with Crippen LogP contribution in [0, 0.1) is 11.8 Å². The molecule has 2 N–H and O–H groups in total. The summed E-state index contributed by atoms with van der Waals surface area (Å²) in [4.78, 5) is 11.9. The van der Waals surface area contributed by atoms with Gasteiger partial charge < -0.3 is 10.6 Å². The summed E-state index contributed by atoms with van der Waals surface area (Å²) in [6.07, 6.45) is 9.78. The van der Waals surface area contributed by atoms with Crippen molar-refractivity contribution in [3.05, 3.63) is 0 Å². The highest BCUT2D eigenvalue weighted by Gasteiger charge is 2.20. The molecular weight excluding hydrogens is 224 g/mol.